The minimum Gasteiger partial charge on any atom is -0.481 e. The number of aromatic nitrogens is 2. The SMILES string of the molecule is COc1c(CN(CC2CCCCN2)C2CC2)c(C)nn1C. The first-order valence-corrected chi connectivity index (χ1v) is 8.23. The summed E-state index contributed by atoms with van der Waals surface area (Å²) in [4.78, 5) is 2.63. The molecule has 5 nitrogen and oxygen atoms in total. The van der Waals surface area contributed by atoms with Gasteiger partial charge < -0.3 is 10.1 Å². The van der Waals surface area contributed by atoms with Gasteiger partial charge >= 0.3 is 0 Å². The summed E-state index contributed by atoms with van der Waals surface area (Å²) < 4.78 is 7.40. The summed E-state index contributed by atoms with van der Waals surface area (Å²) >= 11 is 0. The van der Waals surface area contributed by atoms with Gasteiger partial charge in [0.2, 0.25) is 5.88 Å². The quantitative estimate of drug-likeness (QED) is 0.869. The summed E-state index contributed by atoms with van der Waals surface area (Å²) in [7, 11) is 3.70. The van der Waals surface area contributed by atoms with Crippen molar-refractivity contribution in [1.82, 2.24) is 20.0 Å². The maximum absolute atomic E-state index is 5.55. The van der Waals surface area contributed by atoms with Gasteiger partial charge in [-0.25, -0.2) is 4.68 Å². The van der Waals surface area contributed by atoms with E-state index in [4.69, 9.17) is 4.74 Å². The van der Waals surface area contributed by atoms with Crippen LogP contribution in [-0.4, -0.2) is 47.0 Å². The summed E-state index contributed by atoms with van der Waals surface area (Å²) in [6.45, 7) is 5.38. The highest BCUT2D eigenvalue weighted by Gasteiger charge is 2.32. The van der Waals surface area contributed by atoms with Crippen LogP contribution in [0.1, 0.15) is 43.4 Å². The normalized spacial score (nSPS) is 22.8. The molecule has 2 heterocycles. The van der Waals surface area contributed by atoms with Crippen LogP contribution in [0.3, 0.4) is 0 Å². The lowest BCUT2D eigenvalue weighted by Crippen LogP contribution is -2.44. The van der Waals surface area contributed by atoms with Crippen molar-refractivity contribution in [3.8, 4) is 5.88 Å². The lowest BCUT2D eigenvalue weighted by molar-refractivity contribution is 0.205. The molecule has 1 atom stereocenters. The Morgan fingerprint density at radius 3 is 2.76 bits per heavy atom. The minimum atomic E-state index is 0.655. The first-order valence-electron chi connectivity index (χ1n) is 8.23. The van der Waals surface area contributed by atoms with Gasteiger partial charge in [-0.15, -0.1) is 0 Å². The molecule has 0 radical (unpaired) electrons. The Hall–Kier alpha value is -1.07. The van der Waals surface area contributed by atoms with E-state index in [-0.39, 0.29) is 0 Å². The van der Waals surface area contributed by atoms with Crippen molar-refractivity contribution in [2.75, 3.05) is 20.2 Å². The van der Waals surface area contributed by atoms with Crippen LogP contribution in [0, 0.1) is 6.92 Å². The van der Waals surface area contributed by atoms with Crippen LogP contribution in [0.15, 0.2) is 0 Å². The average molecular weight is 292 g/mol. The monoisotopic (exact) mass is 292 g/mol. The number of aryl methyl sites for hydroxylation is 2. The Labute approximate surface area is 127 Å². The number of piperidine rings is 1. The summed E-state index contributed by atoms with van der Waals surface area (Å²) in [6.07, 6.45) is 6.69. The van der Waals surface area contributed by atoms with Crippen molar-refractivity contribution >= 4 is 0 Å². The van der Waals surface area contributed by atoms with E-state index in [1.165, 1.54) is 44.2 Å². The van der Waals surface area contributed by atoms with Crippen LogP contribution in [0.4, 0.5) is 0 Å². The summed E-state index contributed by atoms with van der Waals surface area (Å²) in [6, 6.07) is 1.42. The van der Waals surface area contributed by atoms with Gasteiger partial charge in [-0.3, -0.25) is 4.90 Å². The summed E-state index contributed by atoms with van der Waals surface area (Å²) in [5.74, 6) is 0.912. The van der Waals surface area contributed by atoms with Gasteiger partial charge in [-0.1, -0.05) is 6.42 Å². The van der Waals surface area contributed by atoms with E-state index in [2.05, 4.69) is 22.2 Å². The molecule has 0 spiro atoms. The van der Waals surface area contributed by atoms with Gasteiger partial charge in [0.05, 0.1) is 18.4 Å². The molecule has 1 unspecified atom stereocenters. The highest BCUT2D eigenvalue weighted by molar-refractivity contribution is 5.31. The maximum Gasteiger partial charge on any atom is 0.216 e. The van der Waals surface area contributed by atoms with E-state index in [9.17, 15) is 0 Å². The van der Waals surface area contributed by atoms with Crippen LogP contribution in [0.25, 0.3) is 0 Å². The smallest absolute Gasteiger partial charge is 0.216 e. The Bertz CT molecular complexity index is 475. The first kappa shape index (κ1) is 14.9. The zero-order chi connectivity index (χ0) is 14.8. The van der Waals surface area contributed by atoms with Crippen molar-refractivity contribution in [3.05, 3.63) is 11.3 Å². The molecule has 1 aromatic heterocycles. The molecule has 21 heavy (non-hydrogen) atoms. The fourth-order valence-corrected chi connectivity index (χ4v) is 3.47. The highest BCUT2D eigenvalue weighted by Crippen LogP contribution is 2.32. The third kappa shape index (κ3) is 3.40. The fraction of sp³-hybridized carbons (Fsp3) is 0.812. The predicted octanol–water partition coefficient (Wildman–Crippen LogP) is 1.84. The molecule has 3 rings (SSSR count). The second-order valence-electron chi connectivity index (χ2n) is 6.50. The molecule has 2 fully saturated rings. The molecule has 5 heteroatoms. The molecular weight excluding hydrogens is 264 g/mol. The van der Waals surface area contributed by atoms with Crippen molar-refractivity contribution in [1.29, 1.82) is 0 Å². The Morgan fingerprint density at radius 2 is 2.14 bits per heavy atom. The molecule has 2 aliphatic rings. The lowest BCUT2D eigenvalue weighted by atomic mass is 10.0. The van der Waals surface area contributed by atoms with Gasteiger partial charge in [0.25, 0.3) is 0 Å². The Kier molecular flexibility index (Phi) is 4.50. The van der Waals surface area contributed by atoms with Gasteiger partial charge in [0.15, 0.2) is 0 Å². The Balaban J connectivity index is 1.70. The standard InChI is InChI=1S/C16H28N4O/c1-12-15(16(21-3)19(2)18-12)11-20(14-7-8-14)10-13-6-4-5-9-17-13/h13-14,17H,4-11H2,1-3H3. The molecule has 0 bridgehead atoms. The minimum absolute atomic E-state index is 0.655. The van der Waals surface area contributed by atoms with Crippen LogP contribution in [0.5, 0.6) is 5.88 Å². The molecule has 1 saturated heterocycles. The van der Waals surface area contributed by atoms with E-state index in [0.29, 0.717) is 6.04 Å². The fourth-order valence-electron chi connectivity index (χ4n) is 3.47. The molecule has 1 N–H and O–H groups in total. The molecule has 1 aliphatic heterocycles. The highest BCUT2D eigenvalue weighted by atomic mass is 16.5. The number of nitrogens with one attached hydrogen (secondary N) is 1. The molecule has 1 aliphatic carbocycles. The number of hydrogen-bond donors (Lipinski definition) is 1. The van der Waals surface area contributed by atoms with Crippen LogP contribution >= 0.6 is 0 Å². The second-order valence-corrected chi connectivity index (χ2v) is 6.50. The summed E-state index contributed by atoms with van der Waals surface area (Å²) in [5, 5.41) is 8.18. The summed E-state index contributed by atoms with van der Waals surface area (Å²) in [5.41, 5.74) is 2.35. The molecule has 1 saturated carbocycles. The number of rotatable bonds is 6. The van der Waals surface area contributed by atoms with Crippen molar-refractivity contribution in [2.45, 2.75) is 57.7 Å². The van der Waals surface area contributed by atoms with E-state index in [1.807, 2.05) is 11.7 Å². The van der Waals surface area contributed by atoms with Gasteiger partial charge in [-0.05, 0) is 39.2 Å². The predicted molar refractivity (Wildman–Crippen MR) is 83.6 cm³/mol. The molecule has 0 aromatic carbocycles. The largest absolute Gasteiger partial charge is 0.481 e. The van der Waals surface area contributed by atoms with E-state index >= 15 is 0 Å². The number of hydrogen-bond acceptors (Lipinski definition) is 4. The van der Waals surface area contributed by atoms with E-state index in [1.54, 1.807) is 7.11 Å². The van der Waals surface area contributed by atoms with Crippen molar-refractivity contribution in [2.24, 2.45) is 7.05 Å². The molecule has 0 amide bonds. The number of methoxy groups -OCH3 is 1. The second kappa shape index (κ2) is 6.36. The molecule has 1 aromatic rings. The number of nitrogens with zero attached hydrogens (tertiary/aromatic N) is 3. The zero-order valence-electron chi connectivity index (χ0n) is 13.6. The van der Waals surface area contributed by atoms with Crippen molar-refractivity contribution in [3.63, 3.8) is 0 Å². The van der Waals surface area contributed by atoms with Gasteiger partial charge in [0, 0.05) is 32.2 Å². The average Bonchev–Trinajstić information content (AvgIpc) is 3.27. The lowest BCUT2D eigenvalue weighted by Gasteiger charge is -2.30. The first-order chi connectivity index (χ1) is 10.2. The third-order valence-corrected chi connectivity index (χ3v) is 4.77. The van der Waals surface area contributed by atoms with Crippen LogP contribution in [-0.2, 0) is 13.6 Å². The van der Waals surface area contributed by atoms with Gasteiger partial charge in [-0.2, -0.15) is 5.10 Å². The molecular formula is C16H28N4O. The molecule has 118 valence electrons. The van der Waals surface area contributed by atoms with Gasteiger partial charge in [0.1, 0.15) is 0 Å². The van der Waals surface area contributed by atoms with E-state index in [0.717, 1.165) is 30.7 Å². The Morgan fingerprint density at radius 1 is 1.33 bits per heavy atom. The number of ether oxygens (including phenoxy) is 1. The van der Waals surface area contributed by atoms with Crippen molar-refractivity contribution < 1.29 is 4.74 Å². The van der Waals surface area contributed by atoms with E-state index < -0.39 is 0 Å². The third-order valence-electron chi connectivity index (χ3n) is 4.77. The van der Waals surface area contributed by atoms with Crippen LogP contribution in [0.2, 0.25) is 0 Å². The topological polar surface area (TPSA) is 42.3 Å². The van der Waals surface area contributed by atoms with Crippen LogP contribution < -0.4 is 10.1 Å². The zero-order valence-corrected chi connectivity index (χ0v) is 13.6. The maximum atomic E-state index is 5.55.